The van der Waals surface area contributed by atoms with Crippen LogP contribution >= 0.6 is 15.9 Å². The summed E-state index contributed by atoms with van der Waals surface area (Å²) in [4.78, 5) is 13.5. The van der Waals surface area contributed by atoms with Gasteiger partial charge in [-0.05, 0) is 12.8 Å². The molecular weight excluding hydrogens is 260 g/mol. The Bertz CT molecular complexity index is 327. The van der Waals surface area contributed by atoms with E-state index in [4.69, 9.17) is 0 Å². The molecular formula is C9H13BrN4O. The normalized spacial score (nSPS) is 21.3. The van der Waals surface area contributed by atoms with Crippen molar-refractivity contribution in [2.75, 3.05) is 13.1 Å². The van der Waals surface area contributed by atoms with Crippen molar-refractivity contribution in [3.63, 3.8) is 0 Å². The Hall–Kier alpha value is -0.910. The van der Waals surface area contributed by atoms with Gasteiger partial charge in [0.1, 0.15) is 0 Å². The van der Waals surface area contributed by atoms with Crippen molar-refractivity contribution in [1.82, 2.24) is 19.9 Å². The van der Waals surface area contributed by atoms with Crippen molar-refractivity contribution >= 4 is 21.8 Å². The molecule has 1 aromatic rings. The van der Waals surface area contributed by atoms with Gasteiger partial charge in [-0.3, -0.25) is 9.48 Å². The second-order valence-electron chi connectivity index (χ2n) is 3.60. The number of carbonyl (C=O) groups is 1. The molecule has 1 amide bonds. The minimum atomic E-state index is 0.0314. The predicted octanol–water partition coefficient (Wildman–Crippen LogP) is 0.664. The third-order valence-corrected chi connectivity index (χ3v) is 3.37. The molecule has 15 heavy (non-hydrogen) atoms. The highest BCUT2D eigenvalue weighted by Crippen LogP contribution is 2.18. The van der Waals surface area contributed by atoms with E-state index < -0.39 is 0 Å². The number of hydrogen-bond acceptors (Lipinski definition) is 3. The molecule has 5 nitrogen and oxygen atoms in total. The summed E-state index contributed by atoms with van der Waals surface area (Å²) in [7, 11) is 0. The summed E-state index contributed by atoms with van der Waals surface area (Å²) in [5.41, 5.74) is 0. The van der Waals surface area contributed by atoms with Gasteiger partial charge in [-0.15, -0.1) is 5.10 Å². The summed E-state index contributed by atoms with van der Waals surface area (Å²) >= 11 is 3.36. The van der Waals surface area contributed by atoms with E-state index in [1.807, 2.05) is 11.1 Å². The van der Waals surface area contributed by atoms with Gasteiger partial charge in [-0.1, -0.05) is 21.1 Å². The summed E-state index contributed by atoms with van der Waals surface area (Å²) in [5, 5.41) is 7.59. The number of rotatable bonds is 4. The molecule has 0 bridgehead atoms. The van der Waals surface area contributed by atoms with E-state index in [1.54, 1.807) is 10.9 Å². The second-order valence-corrected chi connectivity index (χ2v) is 4.71. The SMILES string of the molecule is O=C1C(Br)CCN1CCCn1ccnn1. The van der Waals surface area contributed by atoms with Gasteiger partial charge in [-0.2, -0.15) is 0 Å². The van der Waals surface area contributed by atoms with Crippen LogP contribution in [0.2, 0.25) is 0 Å². The molecule has 2 rings (SSSR count). The van der Waals surface area contributed by atoms with Gasteiger partial charge in [0.15, 0.2) is 0 Å². The maximum absolute atomic E-state index is 11.5. The first-order chi connectivity index (χ1) is 7.27. The number of hydrogen-bond donors (Lipinski definition) is 0. The zero-order chi connectivity index (χ0) is 10.7. The lowest BCUT2D eigenvalue weighted by molar-refractivity contribution is -0.127. The molecule has 0 radical (unpaired) electrons. The lowest BCUT2D eigenvalue weighted by Crippen LogP contribution is -2.29. The van der Waals surface area contributed by atoms with Gasteiger partial charge in [0.25, 0.3) is 0 Å². The maximum atomic E-state index is 11.5. The van der Waals surface area contributed by atoms with E-state index in [9.17, 15) is 4.79 Å². The number of carbonyl (C=O) groups excluding carboxylic acids is 1. The molecule has 6 heteroatoms. The number of amides is 1. The predicted molar refractivity (Wildman–Crippen MR) is 58.6 cm³/mol. The van der Waals surface area contributed by atoms with E-state index in [2.05, 4.69) is 26.2 Å². The first-order valence-electron chi connectivity index (χ1n) is 5.04. The largest absolute Gasteiger partial charge is 0.342 e. The quantitative estimate of drug-likeness (QED) is 0.757. The first kappa shape index (κ1) is 10.6. The standard InChI is InChI=1S/C9H13BrN4O/c10-8-2-6-13(9(8)15)4-1-5-14-7-3-11-12-14/h3,7-8H,1-2,4-6H2. The third kappa shape index (κ3) is 2.56. The molecule has 1 unspecified atom stereocenters. The fraction of sp³-hybridized carbons (Fsp3) is 0.667. The van der Waals surface area contributed by atoms with Gasteiger partial charge < -0.3 is 4.90 Å². The highest BCUT2D eigenvalue weighted by Gasteiger charge is 2.28. The van der Waals surface area contributed by atoms with Crippen molar-refractivity contribution in [1.29, 1.82) is 0 Å². The van der Waals surface area contributed by atoms with Crippen LogP contribution in [0.1, 0.15) is 12.8 Å². The van der Waals surface area contributed by atoms with Crippen LogP contribution in [0.15, 0.2) is 12.4 Å². The van der Waals surface area contributed by atoms with Crippen LogP contribution in [-0.2, 0) is 11.3 Å². The molecule has 1 atom stereocenters. The monoisotopic (exact) mass is 272 g/mol. The molecule has 1 saturated heterocycles. The van der Waals surface area contributed by atoms with Crippen LogP contribution in [0.25, 0.3) is 0 Å². The van der Waals surface area contributed by atoms with Crippen molar-refractivity contribution in [2.24, 2.45) is 0 Å². The third-order valence-electron chi connectivity index (χ3n) is 2.52. The van der Waals surface area contributed by atoms with Gasteiger partial charge >= 0.3 is 0 Å². The highest BCUT2D eigenvalue weighted by atomic mass is 79.9. The maximum Gasteiger partial charge on any atom is 0.236 e. The lowest BCUT2D eigenvalue weighted by atomic mass is 10.4. The summed E-state index contributed by atoms with van der Waals surface area (Å²) in [5.74, 6) is 0.216. The van der Waals surface area contributed by atoms with Crippen LogP contribution in [0.4, 0.5) is 0 Å². The van der Waals surface area contributed by atoms with E-state index in [0.717, 1.165) is 32.5 Å². The number of aromatic nitrogens is 3. The number of likely N-dealkylation sites (tertiary alicyclic amines) is 1. The van der Waals surface area contributed by atoms with Crippen LogP contribution in [0.5, 0.6) is 0 Å². The molecule has 1 aliphatic heterocycles. The minimum Gasteiger partial charge on any atom is -0.342 e. The molecule has 0 aliphatic carbocycles. The van der Waals surface area contributed by atoms with Crippen molar-refractivity contribution < 1.29 is 4.79 Å². The van der Waals surface area contributed by atoms with Crippen LogP contribution < -0.4 is 0 Å². The van der Waals surface area contributed by atoms with Crippen molar-refractivity contribution in [2.45, 2.75) is 24.2 Å². The van der Waals surface area contributed by atoms with Crippen molar-refractivity contribution in [3.05, 3.63) is 12.4 Å². The van der Waals surface area contributed by atoms with Gasteiger partial charge in [-0.25, -0.2) is 0 Å². The zero-order valence-electron chi connectivity index (χ0n) is 8.34. The Labute approximate surface area is 96.6 Å². The highest BCUT2D eigenvalue weighted by molar-refractivity contribution is 9.10. The van der Waals surface area contributed by atoms with E-state index in [1.165, 1.54) is 0 Å². The van der Waals surface area contributed by atoms with Gasteiger partial charge in [0.05, 0.1) is 11.0 Å². The molecule has 0 aromatic carbocycles. The van der Waals surface area contributed by atoms with E-state index in [-0.39, 0.29) is 10.7 Å². The Kier molecular flexibility index (Phi) is 3.35. The fourth-order valence-corrected chi connectivity index (χ4v) is 2.19. The number of nitrogens with zero attached hydrogens (tertiary/aromatic N) is 4. The summed E-state index contributed by atoms with van der Waals surface area (Å²) < 4.78 is 1.78. The number of halogens is 1. The molecule has 82 valence electrons. The molecule has 0 N–H and O–H groups in total. The molecule has 2 heterocycles. The lowest BCUT2D eigenvalue weighted by Gasteiger charge is -2.15. The molecule has 1 aliphatic rings. The van der Waals surface area contributed by atoms with Gasteiger partial charge in [0.2, 0.25) is 5.91 Å². The van der Waals surface area contributed by atoms with E-state index in [0.29, 0.717) is 0 Å². The van der Waals surface area contributed by atoms with E-state index >= 15 is 0 Å². The minimum absolute atomic E-state index is 0.0314. The summed E-state index contributed by atoms with van der Waals surface area (Å²) in [6, 6.07) is 0. The molecule has 0 spiro atoms. The summed E-state index contributed by atoms with van der Waals surface area (Å²) in [6.45, 7) is 2.49. The summed E-state index contributed by atoms with van der Waals surface area (Å²) in [6.07, 6.45) is 5.34. The Morgan fingerprint density at radius 1 is 1.53 bits per heavy atom. The fourth-order valence-electron chi connectivity index (χ4n) is 1.70. The number of alkyl halides is 1. The number of aryl methyl sites for hydroxylation is 1. The average Bonchev–Trinajstić information content (AvgIpc) is 2.83. The second kappa shape index (κ2) is 4.74. The zero-order valence-corrected chi connectivity index (χ0v) is 9.93. The first-order valence-corrected chi connectivity index (χ1v) is 5.96. The Morgan fingerprint density at radius 3 is 3.00 bits per heavy atom. The van der Waals surface area contributed by atoms with Crippen molar-refractivity contribution in [3.8, 4) is 0 Å². The topological polar surface area (TPSA) is 51.0 Å². The Morgan fingerprint density at radius 2 is 2.40 bits per heavy atom. The van der Waals surface area contributed by atoms with Crippen LogP contribution in [0, 0.1) is 0 Å². The smallest absolute Gasteiger partial charge is 0.236 e. The molecule has 0 saturated carbocycles. The van der Waals surface area contributed by atoms with Crippen LogP contribution in [0.3, 0.4) is 0 Å². The van der Waals surface area contributed by atoms with Crippen LogP contribution in [-0.4, -0.2) is 43.7 Å². The molecule has 1 aromatic heterocycles. The Balaban J connectivity index is 1.73. The molecule has 1 fully saturated rings. The van der Waals surface area contributed by atoms with Gasteiger partial charge in [0, 0.05) is 25.8 Å². The average molecular weight is 273 g/mol.